The second-order valence-corrected chi connectivity index (χ2v) is 5.71. The Hall–Kier alpha value is -2.85. The number of benzene rings is 1. The molecule has 2 rings (SSSR count). The van der Waals surface area contributed by atoms with Crippen LogP contribution in [0.1, 0.15) is 13.8 Å². The first kappa shape index (κ1) is 17.5. The van der Waals surface area contributed by atoms with Gasteiger partial charge in [-0.1, -0.05) is 18.2 Å². The number of ether oxygens (including phenoxy) is 1. The number of thiazole rings is 1. The summed E-state index contributed by atoms with van der Waals surface area (Å²) in [6.45, 7) is 3.97. The standard InChI is InChI=1S/C17H17N3O3S/c1-3-20-15(21)14(11-19-12-8-6-5-7-9-12)24-16(20)13(10-18)17(22)23-4-2/h5-9,11,19H,3-4H2,1-2H3/b14-11-,16-13-. The summed E-state index contributed by atoms with van der Waals surface area (Å²) in [5.74, 6) is -0.717. The van der Waals surface area contributed by atoms with Crippen molar-refractivity contribution in [2.24, 2.45) is 0 Å². The molecule has 6 nitrogen and oxygen atoms in total. The minimum Gasteiger partial charge on any atom is -0.462 e. The van der Waals surface area contributed by atoms with Gasteiger partial charge in [0.25, 0.3) is 5.56 Å². The highest BCUT2D eigenvalue weighted by Gasteiger charge is 2.16. The summed E-state index contributed by atoms with van der Waals surface area (Å²) in [6.07, 6.45) is 1.58. The lowest BCUT2D eigenvalue weighted by Crippen LogP contribution is -2.32. The van der Waals surface area contributed by atoms with E-state index >= 15 is 0 Å². The summed E-state index contributed by atoms with van der Waals surface area (Å²) in [7, 11) is 0. The van der Waals surface area contributed by atoms with Crippen LogP contribution in [0.3, 0.4) is 0 Å². The molecule has 0 unspecified atom stereocenters. The van der Waals surface area contributed by atoms with E-state index in [0.717, 1.165) is 17.0 Å². The molecule has 1 aromatic heterocycles. The summed E-state index contributed by atoms with van der Waals surface area (Å²) >= 11 is 1.09. The molecule has 1 aromatic carbocycles. The molecule has 0 amide bonds. The number of esters is 1. The number of nitrogens with one attached hydrogen (secondary N) is 1. The van der Waals surface area contributed by atoms with Gasteiger partial charge in [0.15, 0.2) is 5.57 Å². The van der Waals surface area contributed by atoms with Gasteiger partial charge in [-0.2, -0.15) is 5.26 Å². The summed E-state index contributed by atoms with van der Waals surface area (Å²) in [6, 6.07) is 11.2. The van der Waals surface area contributed by atoms with Crippen LogP contribution in [0.4, 0.5) is 5.69 Å². The Balaban J connectivity index is 2.58. The molecule has 24 heavy (non-hydrogen) atoms. The minimum atomic E-state index is -0.717. The maximum absolute atomic E-state index is 12.5. The summed E-state index contributed by atoms with van der Waals surface area (Å²) in [5.41, 5.74) is 0.433. The first-order chi connectivity index (χ1) is 11.6. The smallest absolute Gasteiger partial charge is 0.351 e. The molecule has 1 heterocycles. The van der Waals surface area contributed by atoms with Crippen molar-refractivity contribution in [3.8, 4) is 6.07 Å². The zero-order chi connectivity index (χ0) is 17.5. The average Bonchev–Trinajstić information content (AvgIpc) is 2.90. The van der Waals surface area contributed by atoms with Crippen molar-refractivity contribution >= 4 is 34.8 Å². The first-order valence-electron chi connectivity index (χ1n) is 7.45. The van der Waals surface area contributed by atoms with Crippen molar-refractivity contribution in [1.82, 2.24) is 4.57 Å². The third-order valence-corrected chi connectivity index (χ3v) is 4.30. The highest BCUT2D eigenvalue weighted by atomic mass is 32.1. The van der Waals surface area contributed by atoms with Gasteiger partial charge in [-0.3, -0.25) is 9.36 Å². The van der Waals surface area contributed by atoms with Crippen LogP contribution in [0, 0.1) is 11.3 Å². The van der Waals surface area contributed by atoms with E-state index in [0.29, 0.717) is 15.7 Å². The fourth-order valence-corrected chi connectivity index (χ4v) is 3.14. The van der Waals surface area contributed by atoms with E-state index in [4.69, 9.17) is 4.74 Å². The van der Waals surface area contributed by atoms with Crippen LogP contribution in [0.25, 0.3) is 11.8 Å². The maximum Gasteiger partial charge on any atom is 0.351 e. The number of carbonyl (C=O) groups is 1. The third kappa shape index (κ3) is 3.73. The van der Waals surface area contributed by atoms with E-state index in [-0.39, 0.29) is 17.7 Å². The molecule has 0 atom stereocenters. The van der Waals surface area contributed by atoms with Gasteiger partial charge in [0.1, 0.15) is 15.3 Å². The number of rotatable bonds is 5. The number of hydrogen-bond donors (Lipinski definition) is 1. The predicted octanol–water partition coefficient (Wildman–Crippen LogP) is 1.02. The number of aromatic nitrogens is 1. The number of anilines is 1. The minimum absolute atomic E-state index is 0.153. The Morgan fingerprint density at radius 1 is 1.38 bits per heavy atom. The van der Waals surface area contributed by atoms with Crippen LogP contribution in [-0.2, 0) is 16.1 Å². The molecular formula is C17H17N3O3S. The monoisotopic (exact) mass is 343 g/mol. The molecule has 124 valence electrons. The highest BCUT2D eigenvalue weighted by molar-refractivity contribution is 7.07. The lowest BCUT2D eigenvalue weighted by atomic mass is 10.3. The molecule has 0 radical (unpaired) electrons. The fourth-order valence-electron chi connectivity index (χ4n) is 2.06. The second kappa shape index (κ2) is 8.13. The molecule has 0 fully saturated rings. The number of nitriles is 1. The first-order valence-corrected chi connectivity index (χ1v) is 8.27. The van der Waals surface area contributed by atoms with Crippen LogP contribution in [0.5, 0.6) is 0 Å². The molecule has 0 saturated carbocycles. The van der Waals surface area contributed by atoms with Crippen molar-refractivity contribution in [3.05, 3.63) is 49.9 Å². The van der Waals surface area contributed by atoms with Gasteiger partial charge in [-0.05, 0) is 26.0 Å². The molecular weight excluding hydrogens is 326 g/mol. The Morgan fingerprint density at radius 3 is 2.67 bits per heavy atom. The van der Waals surface area contributed by atoms with Gasteiger partial charge < -0.3 is 10.1 Å². The normalized spacial score (nSPS) is 12.5. The number of carbonyl (C=O) groups excluding carboxylic acids is 1. The van der Waals surface area contributed by atoms with Gasteiger partial charge in [-0.15, -0.1) is 11.3 Å². The molecule has 1 N–H and O–H groups in total. The van der Waals surface area contributed by atoms with Gasteiger partial charge in [-0.25, -0.2) is 4.79 Å². The zero-order valence-electron chi connectivity index (χ0n) is 13.4. The quantitative estimate of drug-likeness (QED) is 0.820. The maximum atomic E-state index is 12.5. The molecule has 0 bridgehead atoms. The van der Waals surface area contributed by atoms with E-state index in [9.17, 15) is 14.9 Å². The van der Waals surface area contributed by atoms with Crippen molar-refractivity contribution in [3.63, 3.8) is 0 Å². The van der Waals surface area contributed by atoms with Crippen molar-refractivity contribution in [2.75, 3.05) is 11.9 Å². The van der Waals surface area contributed by atoms with Gasteiger partial charge in [0.2, 0.25) is 0 Å². The van der Waals surface area contributed by atoms with Gasteiger partial charge in [0, 0.05) is 18.4 Å². The Morgan fingerprint density at radius 2 is 2.08 bits per heavy atom. The van der Waals surface area contributed by atoms with E-state index < -0.39 is 5.97 Å². The fraction of sp³-hybridized carbons (Fsp3) is 0.235. The van der Waals surface area contributed by atoms with Crippen LogP contribution in [0.15, 0.2) is 35.1 Å². The predicted molar refractivity (Wildman–Crippen MR) is 93.7 cm³/mol. The van der Waals surface area contributed by atoms with E-state index in [2.05, 4.69) is 5.32 Å². The zero-order valence-corrected chi connectivity index (χ0v) is 14.2. The van der Waals surface area contributed by atoms with Crippen molar-refractivity contribution < 1.29 is 9.53 Å². The second-order valence-electron chi connectivity index (χ2n) is 4.68. The van der Waals surface area contributed by atoms with Crippen LogP contribution >= 0.6 is 11.3 Å². The molecule has 7 heteroatoms. The molecule has 0 aliphatic carbocycles. The van der Waals surface area contributed by atoms with Crippen LogP contribution in [0.2, 0.25) is 0 Å². The lowest BCUT2D eigenvalue weighted by molar-refractivity contribution is -0.136. The number of hydrogen-bond acceptors (Lipinski definition) is 6. The molecule has 0 saturated heterocycles. The summed E-state index contributed by atoms with van der Waals surface area (Å²) < 4.78 is 7.02. The third-order valence-electron chi connectivity index (χ3n) is 3.17. The molecule has 2 aromatic rings. The topological polar surface area (TPSA) is 84.1 Å². The average molecular weight is 343 g/mol. The van der Waals surface area contributed by atoms with Crippen LogP contribution in [-0.4, -0.2) is 17.1 Å². The van der Waals surface area contributed by atoms with E-state index in [1.807, 2.05) is 36.4 Å². The number of para-hydroxylation sites is 1. The summed E-state index contributed by atoms with van der Waals surface area (Å²) in [4.78, 5) is 24.4. The summed E-state index contributed by atoms with van der Waals surface area (Å²) in [5, 5.41) is 12.3. The highest BCUT2D eigenvalue weighted by Crippen LogP contribution is 2.04. The molecule has 0 aliphatic rings. The van der Waals surface area contributed by atoms with Crippen LogP contribution < -0.4 is 20.1 Å². The van der Waals surface area contributed by atoms with Gasteiger partial charge >= 0.3 is 5.97 Å². The van der Waals surface area contributed by atoms with Gasteiger partial charge in [0.05, 0.1) is 6.61 Å². The lowest BCUT2D eigenvalue weighted by Gasteiger charge is -2.00. The largest absolute Gasteiger partial charge is 0.462 e. The van der Waals surface area contributed by atoms with Crippen molar-refractivity contribution in [2.45, 2.75) is 20.4 Å². The van der Waals surface area contributed by atoms with E-state index in [1.54, 1.807) is 20.0 Å². The Bertz CT molecular complexity index is 936. The Kier molecular flexibility index (Phi) is 5.93. The SMILES string of the molecule is CCOC(=O)/C(C#N)=c1\s/c(=C\Nc2ccccc2)c(=O)n1CC. The molecule has 0 aliphatic heterocycles. The Labute approximate surface area is 142 Å². The molecule has 0 spiro atoms. The number of nitrogens with zero attached hydrogens (tertiary/aromatic N) is 2. The van der Waals surface area contributed by atoms with Crippen molar-refractivity contribution in [1.29, 1.82) is 5.26 Å². The van der Waals surface area contributed by atoms with E-state index in [1.165, 1.54) is 4.57 Å².